The lowest BCUT2D eigenvalue weighted by Crippen LogP contribution is -2.59. The predicted molar refractivity (Wildman–Crippen MR) is 68.7 cm³/mol. The first-order chi connectivity index (χ1) is 8.99. The van der Waals surface area contributed by atoms with Gasteiger partial charge in [-0.05, 0) is 32.6 Å². The molecule has 0 saturated carbocycles. The maximum Gasteiger partial charge on any atom is 0.320 e. The second-order valence-electron chi connectivity index (χ2n) is 5.65. The quantitative estimate of drug-likeness (QED) is 0.793. The van der Waals surface area contributed by atoms with Crippen molar-refractivity contribution < 1.29 is 19.8 Å². The summed E-state index contributed by atoms with van der Waals surface area (Å²) in [6.45, 7) is 3.07. The van der Waals surface area contributed by atoms with Gasteiger partial charge in [-0.1, -0.05) is 0 Å². The lowest BCUT2D eigenvalue weighted by molar-refractivity contribution is -0.146. The third-order valence-electron chi connectivity index (χ3n) is 3.99. The fraction of sp³-hybridized carbons (Fsp3) is 0.846. The second kappa shape index (κ2) is 5.77. The van der Waals surface area contributed by atoms with Crippen LogP contribution in [0.5, 0.6) is 0 Å². The third kappa shape index (κ3) is 3.18. The zero-order valence-corrected chi connectivity index (χ0v) is 11.3. The van der Waals surface area contributed by atoms with Crippen molar-refractivity contribution in [3.8, 4) is 0 Å². The van der Waals surface area contributed by atoms with Crippen LogP contribution in [0.25, 0.3) is 0 Å². The number of hydrogen-bond acceptors (Lipinski definition) is 3. The molecule has 0 aliphatic carbocycles. The number of urea groups is 1. The Labute approximate surface area is 113 Å². The van der Waals surface area contributed by atoms with E-state index in [1.54, 1.807) is 11.8 Å². The largest absolute Gasteiger partial charge is 0.481 e. The summed E-state index contributed by atoms with van der Waals surface area (Å²) in [6.07, 6.45) is 3.17. The lowest BCUT2D eigenvalue weighted by atomic mass is 9.96. The number of rotatable bonds is 3. The smallest absolute Gasteiger partial charge is 0.320 e. The standard InChI is InChI=1S/C13H22N2O4/c1-9(16)6-11-4-2-3-5-15(11)13(19)14-7-10(8-14)12(17)18/h9-11,16H,2-8H2,1H3,(H,17,18). The summed E-state index contributed by atoms with van der Waals surface area (Å²) in [5.41, 5.74) is 0. The van der Waals surface area contributed by atoms with Crippen LogP contribution in [-0.2, 0) is 4.79 Å². The monoisotopic (exact) mass is 270 g/mol. The number of carbonyl (C=O) groups is 2. The molecule has 0 bridgehead atoms. The Morgan fingerprint density at radius 3 is 2.58 bits per heavy atom. The molecule has 108 valence electrons. The molecule has 0 radical (unpaired) electrons. The van der Waals surface area contributed by atoms with Gasteiger partial charge in [0.1, 0.15) is 0 Å². The van der Waals surface area contributed by atoms with Crippen molar-refractivity contribution >= 4 is 12.0 Å². The van der Waals surface area contributed by atoms with E-state index < -0.39 is 18.0 Å². The minimum atomic E-state index is -0.830. The van der Waals surface area contributed by atoms with E-state index in [4.69, 9.17) is 5.11 Å². The highest BCUT2D eigenvalue weighted by Crippen LogP contribution is 2.25. The first-order valence-electron chi connectivity index (χ1n) is 6.95. The summed E-state index contributed by atoms with van der Waals surface area (Å²) in [5, 5.41) is 18.3. The van der Waals surface area contributed by atoms with Crippen molar-refractivity contribution in [1.82, 2.24) is 9.80 Å². The third-order valence-corrected chi connectivity index (χ3v) is 3.99. The van der Waals surface area contributed by atoms with E-state index in [2.05, 4.69) is 0 Å². The number of carbonyl (C=O) groups excluding carboxylic acids is 1. The van der Waals surface area contributed by atoms with Crippen LogP contribution in [0, 0.1) is 5.92 Å². The number of carboxylic acids is 1. The van der Waals surface area contributed by atoms with Crippen molar-refractivity contribution in [2.24, 2.45) is 5.92 Å². The molecule has 2 aliphatic heterocycles. The molecule has 2 aliphatic rings. The second-order valence-corrected chi connectivity index (χ2v) is 5.65. The van der Waals surface area contributed by atoms with Crippen LogP contribution in [-0.4, -0.2) is 63.8 Å². The Hall–Kier alpha value is -1.30. The van der Waals surface area contributed by atoms with E-state index >= 15 is 0 Å². The SMILES string of the molecule is CC(O)CC1CCCCN1C(=O)N1CC(C(=O)O)C1. The average Bonchev–Trinajstić information content (AvgIpc) is 2.26. The molecule has 0 aromatic rings. The molecule has 2 atom stereocenters. The zero-order valence-electron chi connectivity index (χ0n) is 11.3. The van der Waals surface area contributed by atoms with Gasteiger partial charge in [-0.2, -0.15) is 0 Å². The Kier molecular flexibility index (Phi) is 4.29. The molecular weight excluding hydrogens is 248 g/mol. The topological polar surface area (TPSA) is 81.1 Å². The van der Waals surface area contributed by atoms with E-state index in [0.29, 0.717) is 26.1 Å². The summed E-state index contributed by atoms with van der Waals surface area (Å²) < 4.78 is 0. The van der Waals surface area contributed by atoms with Crippen molar-refractivity contribution in [2.75, 3.05) is 19.6 Å². The number of nitrogens with zero attached hydrogens (tertiary/aromatic N) is 2. The van der Waals surface area contributed by atoms with Crippen LogP contribution >= 0.6 is 0 Å². The summed E-state index contributed by atoms with van der Waals surface area (Å²) in [7, 11) is 0. The predicted octanol–water partition coefficient (Wildman–Crippen LogP) is 0.748. The van der Waals surface area contributed by atoms with Gasteiger partial charge in [0, 0.05) is 25.7 Å². The molecule has 2 N–H and O–H groups in total. The maximum atomic E-state index is 12.3. The van der Waals surface area contributed by atoms with Gasteiger partial charge in [0.25, 0.3) is 0 Å². The highest BCUT2D eigenvalue weighted by Gasteiger charge is 2.39. The summed E-state index contributed by atoms with van der Waals surface area (Å²) in [5.74, 6) is -1.24. The molecule has 6 nitrogen and oxygen atoms in total. The summed E-state index contributed by atoms with van der Waals surface area (Å²) in [6, 6.07) is 0.0213. The van der Waals surface area contributed by atoms with Gasteiger partial charge in [0.2, 0.25) is 0 Å². The summed E-state index contributed by atoms with van der Waals surface area (Å²) in [4.78, 5) is 26.5. The van der Waals surface area contributed by atoms with Crippen LogP contribution in [0.15, 0.2) is 0 Å². The van der Waals surface area contributed by atoms with Crippen LogP contribution in [0.2, 0.25) is 0 Å². The molecule has 2 amide bonds. The molecule has 2 unspecified atom stereocenters. The molecular formula is C13H22N2O4. The lowest BCUT2D eigenvalue weighted by Gasteiger charge is -2.44. The summed E-state index contributed by atoms with van der Waals surface area (Å²) >= 11 is 0. The van der Waals surface area contributed by atoms with Crippen LogP contribution in [0.4, 0.5) is 4.79 Å². The van der Waals surface area contributed by atoms with E-state index in [1.165, 1.54) is 0 Å². The van der Waals surface area contributed by atoms with Gasteiger partial charge in [-0.3, -0.25) is 4.79 Å². The zero-order chi connectivity index (χ0) is 14.0. The molecule has 2 saturated heterocycles. The number of aliphatic carboxylic acids is 1. The van der Waals surface area contributed by atoms with Gasteiger partial charge < -0.3 is 20.0 Å². The Balaban J connectivity index is 1.91. The van der Waals surface area contributed by atoms with E-state index in [-0.39, 0.29) is 12.1 Å². The molecule has 2 rings (SSSR count). The maximum absolute atomic E-state index is 12.3. The highest BCUT2D eigenvalue weighted by molar-refractivity contribution is 5.80. The number of aliphatic hydroxyl groups is 1. The van der Waals surface area contributed by atoms with Gasteiger partial charge in [0.15, 0.2) is 0 Å². The fourth-order valence-corrected chi connectivity index (χ4v) is 2.86. The van der Waals surface area contributed by atoms with Crippen molar-refractivity contribution in [3.05, 3.63) is 0 Å². The van der Waals surface area contributed by atoms with E-state index in [0.717, 1.165) is 19.3 Å². The molecule has 0 aromatic carbocycles. The molecule has 0 spiro atoms. The Bertz CT molecular complexity index is 353. The Morgan fingerprint density at radius 1 is 1.32 bits per heavy atom. The van der Waals surface area contributed by atoms with Crippen molar-refractivity contribution in [2.45, 2.75) is 44.8 Å². The number of aliphatic hydroxyl groups excluding tert-OH is 1. The number of hydrogen-bond donors (Lipinski definition) is 2. The van der Waals surface area contributed by atoms with Crippen molar-refractivity contribution in [3.63, 3.8) is 0 Å². The van der Waals surface area contributed by atoms with Gasteiger partial charge in [-0.25, -0.2) is 4.79 Å². The number of likely N-dealkylation sites (tertiary alicyclic amines) is 2. The number of carboxylic acid groups (broad SMARTS) is 1. The highest BCUT2D eigenvalue weighted by atomic mass is 16.4. The normalized spacial score (nSPS) is 25.9. The number of amides is 2. The molecule has 2 fully saturated rings. The van der Waals surface area contributed by atoms with E-state index in [1.807, 2.05) is 4.90 Å². The van der Waals surface area contributed by atoms with Crippen LogP contribution < -0.4 is 0 Å². The van der Waals surface area contributed by atoms with Crippen LogP contribution in [0.1, 0.15) is 32.6 Å². The fourth-order valence-electron chi connectivity index (χ4n) is 2.86. The molecule has 2 heterocycles. The first kappa shape index (κ1) is 14.1. The van der Waals surface area contributed by atoms with Gasteiger partial charge in [0.05, 0.1) is 12.0 Å². The molecule has 0 aromatic heterocycles. The van der Waals surface area contributed by atoms with E-state index in [9.17, 15) is 14.7 Å². The van der Waals surface area contributed by atoms with Crippen LogP contribution in [0.3, 0.4) is 0 Å². The minimum Gasteiger partial charge on any atom is -0.481 e. The Morgan fingerprint density at radius 2 is 2.00 bits per heavy atom. The first-order valence-corrected chi connectivity index (χ1v) is 6.95. The molecule has 19 heavy (non-hydrogen) atoms. The minimum absolute atomic E-state index is 0.0668. The number of piperidine rings is 1. The average molecular weight is 270 g/mol. The molecule has 6 heteroatoms. The van der Waals surface area contributed by atoms with Gasteiger partial charge >= 0.3 is 12.0 Å². The van der Waals surface area contributed by atoms with Crippen molar-refractivity contribution in [1.29, 1.82) is 0 Å². The van der Waals surface area contributed by atoms with Gasteiger partial charge in [-0.15, -0.1) is 0 Å².